The molecule has 0 saturated heterocycles. The Hall–Kier alpha value is -1.30. The van der Waals surface area contributed by atoms with E-state index in [0.717, 1.165) is 6.08 Å². The molecule has 0 aliphatic rings. The molecule has 1 aromatic heterocycles. The van der Waals surface area contributed by atoms with Crippen molar-refractivity contribution in [1.29, 1.82) is 0 Å². The third kappa shape index (κ3) is 2.09. The third-order valence-electron chi connectivity index (χ3n) is 1.19. The molecule has 5 nitrogen and oxygen atoms in total. The highest BCUT2D eigenvalue weighted by atomic mass is 32.1. The third-order valence-corrected chi connectivity index (χ3v) is 1.39. The highest BCUT2D eigenvalue weighted by molar-refractivity contribution is 7.80. The van der Waals surface area contributed by atoms with Crippen LogP contribution in [-0.4, -0.2) is 26.3 Å². The van der Waals surface area contributed by atoms with Crippen LogP contribution in [0.3, 0.4) is 0 Å². The second kappa shape index (κ2) is 3.40. The van der Waals surface area contributed by atoms with Crippen LogP contribution >= 0.6 is 12.6 Å². The Labute approximate surface area is 73.9 Å². The summed E-state index contributed by atoms with van der Waals surface area (Å²) >= 11 is 3.89. The van der Waals surface area contributed by atoms with Gasteiger partial charge in [-0.05, 0) is 6.92 Å². The van der Waals surface area contributed by atoms with Gasteiger partial charge < -0.3 is 10.1 Å². The molecule has 0 spiro atoms. The van der Waals surface area contributed by atoms with E-state index in [1.807, 2.05) is 0 Å². The summed E-state index contributed by atoms with van der Waals surface area (Å²) in [6, 6.07) is 0. The summed E-state index contributed by atoms with van der Waals surface area (Å²) in [5.74, 6) is -0.591. The molecule has 64 valence electrons. The summed E-state index contributed by atoms with van der Waals surface area (Å²) < 4.78 is 0. The van der Waals surface area contributed by atoms with Crippen molar-refractivity contribution in [2.45, 2.75) is 12.1 Å². The molecular formula is C6H7N3O2S. The highest BCUT2D eigenvalue weighted by Crippen LogP contribution is 2.08. The predicted molar refractivity (Wildman–Crippen MR) is 44.9 cm³/mol. The molecule has 0 saturated carbocycles. The van der Waals surface area contributed by atoms with Gasteiger partial charge in [-0.2, -0.15) is 0 Å². The lowest BCUT2D eigenvalue weighted by Crippen LogP contribution is -1.91. The van der Waals surface area contributed by atoms with Gasteiger partial charge in [0.2, 0.25) is 0 Å². The molecule has 0 aromatic carbocycles. The molecule has 0 aliphatic carbocycles. The van der Waals surface area contributed by atoms with Gasteiger partial charge in [-0.3, -0.25) is 0 Å². The standard InChI is InChI=1S/C6H7N3O2S/c1-3(2-4(10)11)5-7-6(12)9-8-5/h2H,1H3,(H,10,11)(H2,7,8,9,12)/b3-2-. The number of H-pyrrole nitrogens is 1. The number of aromatic nitrogens is 3. The molecule has 0 bridgehead atoms. The fraction of sp³-hybridized carbons (Fsp3) is 0.167. The van der Waals surface area contributed by atoms with Gasteiger partial charge in [0.05, 0.1) is 0 Å². The van der Waals surface area contributed by atoms with Crippen molar-refractivity contribution >= 4 is 24.2 Å². The largest absolute Gasteiger partial charge is 0.478 e. The Morgan fingerprint density at radius 2 is 2.33 bits per heavy atom. The van der Waals surface area contributed by atoms with Gasteiger partial charge in [-0.1, -0.05) is 0 Å². The number of thiol groups is 1. The van der Waals surface area contributed by atoms with E-state index >= 15 is 0 Å². The van der Waals surface area contributed by atoms with Crippen LogP contribution in [0.5, 0.6) is 0 Å². The average molecular weight is 185 g/mol. The van der Waals surface area contributed by atoms with E-state index in [4.69, 9.17) is 5.11 Å². The number of hydrogen-bond acceptors (Lipinski definition) is 4. The minimum Gasteiger partial charge on any atom is -0.478 e. The van der Waals surface area contributed by atoms with Crippen molar-refractivity contribution in [2.24, 2.45) is 0 Å². The number of aromatic amines is 1. The molecule has 1 rings (SSSR count). The van der Waals surface area contributed by atoms with E-state index in [0.29, 0.717) is 16.6 Å². The molecule has 1 heterocycles. The van der Waals surface area contributed by atoms with Gasteiger partial charge in [0.1, 0.15) is 0 Å². The second-order valence-corrected chi connectivity index (χ2v) is 2.59. The van der Waals surface area contributed by atoms with Crippen molar-refractivity contribution in [3.05, 3.63) is 11.9 Å². The van der Waals surface area contributed by atoms with E-state index in [1.54, 1.807) is 6.92 Å². The van der Waals surface area contributed by atoms with Crippen molar-refractivity contribution in [2.75, 3.05) is 0 Å². The number of carboxylic acids is 1. The van der Waals surface area contributed by atoms with Gasteiger partial charge in [0.15, 0.2) is 11.0 Å². The summed E-state index contributed by atoms with van der Waals surface area (Å²) in [6.07, 6.45) is 1.05. The number of nitrogens with zero attached hydrogens (tertiary/aromatic N) is 2. The first-order valence-electron chi connectivity index (χ1n) is 3.13. The number of carbonyl (C=O) groups is 1. The molecule has 0 unspecified atom stereocenters. The van der Waals surface area contributed by atoms with Gasteiger partial charge in [0.25, 0.3) is 0 Å². The van der Waals surface area contributed by atoms with Gasteiger partial charge >= 0.3 is 5.97 Å². The Bertz CT molecular complexity index is 331. The lowest BCUT2D eigenvalue weighted by atomic mass is 10.3. The van der Waals surface area contributed by atoms with Crippen LogP contribution < -0.4 is 0 Å². The van der Waals surface area contributed by atoms with Crippen LogP contribution in [0, 0.1) is 0 Å². The Kier molecular flexibility index (Phi) is 2.49. The fourth-order valence-corrected chi connectivity index (χ4v) is 0.835. The van der Waals surface area contributed by atoms with Crippen LogP contribution in [0.15, 0.2) is 11.2 Å². The Morgan fingerprint density at radius 1 is 1.67 bits per heavy atom. The SMILES string of the molecule is C/C(=C/C(=O)O)c1nnc(S)[nH]1. The first-order chi connectivity index (χ1) is 5.59. The van der Waals surface area contributed by atoms with Crippen molar-refractivity contribution in [3.63, 3.8) is 0 Å². The lowest BCUT2D eigenvalue weighted by molar-refractivity contribution is -0.131. The molecule has 1 aromatic rings. The van der Waals surface area contributed by atoms with Crippen LogP contribution in [0.4, 0.5) is 0 Å². The van der Waals surface area contributed by atoms with Crippen LogP contribution in [0.25, 0.3) is 5.57 Å². The zero-order chi connectivity index (χ0) is 9.14. The summed E-state index contributed by atoms with van der Waals surface area (Å²) in [4.78, 5) is 12.9. The van der Waals surface area contributed by atoms with Gasteiger partial charge in [0, 0.05) is 11.6 Å². The van der Waals surface area contributed by atoms with Crippen LogP contribution in [0.1, 0.15) is 12.7 Å². The van der Waals surface area contributed by atoms with E-state index in [2.05, 4.69) is 27.8 Å². The maximum Gasteiger partial charge on any atom is 0.328 e. The van der Waals surface area contributed by atoms with E-state index in [1.165, 1.54) is 0 Å². The smallest absolute Gasteiger partial charge is 0.328 e. The second-order valence-electron chi connectivity index (χ2n) is 2.16. The molecule has 0 atom stereocenters. The zero-order valence-electron chi connectivity index (χ0n) is 6.27. The van der Waals surface area contributed by atoms with Gasteiger partial charge in [-0.15, -0.1) is 22.8 Å². The van der Waals surface area contributed by atoms with E-state index < -0.39 is 5.97 Å². The summed E-state index contributed by atoms with van der Waals surface area (Å²) in [5.41, 5.74) is 0.510. The summed E-state index contributed by atoms with van der Waals surface area (Å²) in [7, 11) is 0. The minimum absolute atomic E-state index is 0.364. The average Bonchev–Trinajstić information content (AvgIpc) is 2.34. The van der Waals surface area contributed by atoms with Crippen molar-refractivity contribution in [3.8, 4) is 0 Å². The highest BCUT2D eigenvalue weighted by Gasteiger charge is 2.02. The quantitative estimate of drug-likeness (QED) is 0.465. The van der Waals surface area contributed by atoms with Crippen LogP contribution in [0.2, 0.25) is 0 Å². The molecule has 2 N–H and O–H groups in total. The summed E-state index contributed by atoms with van der Waals surface area (Å²) in [5, 5.41) is 16.0. The maximum atomic E-state index is 10.2. The number of rotatable bonds is 2. The topological polar surface area (TPSA) is 78.9 Å². The first kappa shape index (κ1) is 8.79. The Morgan fingerprint density at radius 3 is 2.75 bits per heavy atom. The molecule has 0 amide bonds. The lowest BCUT2D eigenvalue weighted by Gasteiger charge is -1.90. The normalized spacial score (nSPS) is 11.7. The number of carboxylic acid groups (broad SMARTS) is 1. The number of hydrogen-bond donors (Lipinski definition) is 3. The summed E-state index contributed by atoms with van der Waals surface area (Å²) in [6.45, 7) is 1.63. The number of aliphatic carboxylic acids is 1. The molecule has 6 heteroatoms. The molecule has 0 fully saturated rings. The van der Waals surface area contributed by atoms with Crippen molar-refractivity contribution in [1.82, 2.24) is 15.2 Å². The molecule has 0 aliphatic heterocycles. The zero-order valence-corrected chi connectivity index (χ0v) is 7.17. The monoisotopic (exact) mass is 185 g/mol. The number of allylic oxidation sites excluding steroid dienone is 1. The van der Waals surface area contributed by atoms with E-state index in [9.17, 15) is 4.79 Å². The maximum absolute atomic E-state index is 10.2. The molecular weight excluding hydrogens is 178 g/mol. The molecule has 0 radical (unpaired) electrons. The Balaban J connectivity index is 2.91. The predicted octanol–water partition coefficient (Wildman–Crippen LogP) is 0.581. The number of nitrogens with one attached hydrogen (secondary N) is 1. The van der Waals surface area contributed by atoms with Crippen LogP contribution in [-0.2, 0) is 4.79 Å². The first-order valence-corrected chi connectivity index (χ1v) is 3.57. The molecule has 12 heavy (non-hydrogen) atoms. The van der Waals surface area contributed by atoms with Crippen molar-refractivity contribution < 1.29 is 9.90 Å². The van der Waals surface area contributed by atoms with E-state index in [-0.39, 0.29) is 0 Å². The fourth-order valence-electron chi connectivity index (χ4n) is 0.684. The van der Waals surface area contributed by atoms with Gasteiger partial charge in [-0.25, -0.2) is 4.79 Å². The minimum atomic E-state index is -1.01.